The molecule has 1 heteroatoms. The van der Waals surface area contributed by atoms with Crippen molar-refractivity contribution in [2.45, 2.75) is 39.2 Å². The van der Waals surface area contributed by atoms with Crippen LogP contribution in [0.25, 0.3) is 0 Å². The quantitative estimate of drug-likeness (QED) is 0.713. The summed E-state index contributed by atoms with van der Waals surface area (Å²) in [5.41, 5.74) is 3.15. The smallest absolute Gasteiger partial charge is 0.0233 e. The summed E-state index contributed by atoms with van der Waals surface area (Å²) in [6.07, 6.45) is 1.38. The molecule has 0 saturated carbocycles. The van der Waals surface area contributed by atoms with Crippen LogP contribution < -0.4 is 0 Å². The molecule has 0 N–H and O–H groups in total. The molecule has 1 aromatic carbocycles. The molecule has 1 fully saturated rings. The van der Waals surface area contributed by atoms with E-state index in [2.05, 4.69) is 49.9 Å². The van der Waals surface area contributed by atoms with Gasteiger partial charge < -0.3 is 0 Å². The van der Waals surface area contributed by atoms with Gasteiger partial charge in [0, 0.05) is 6.54 Å². The molecule has 1 aliphatic rings. The average molecular weight is 203 g/mol. The van der Waals surface area contributed by atoms with Crippen molar-refractivity contribution in [3.8, 4) is 0 Å². The largest absolute Gasteiger partial charge is 0.299 e. The van der Waals surface area contributed by atoms with E-state index in [1.54, 1.807) is 0 Å². The third-order valence-corrected chi connectivity index (χ3v) is 3.17. The molecule has 0 amide bonds. The molecule has 0 radical (unpaired) electrons. The van der Waals surface area contributed by atoms with Crippen molar-refractivity contribution in [2.24, 2.45) is 0 Å². The van der Waals surface area contributed by atoms with Gasteiger partial charge in [-0.3, -0.25) is 4.90 Å². The van der Waals surface area contributed by atoms with Crippen molar-refractivity contribution in [2.75, 3.05) is 13.1 Å². The van der Waals surface area contributed by atoms with E-state index in [-0.39, 0.29) is 5.41 Å². The van der Waals surface area contributed by atoms with Crippen LogP contribution in [0, 0.1) is 0 Å². The Morgan fingerprint density at radius 2 is 1.67 bits per heavy atom. The molecule has 1 aliphatic heterocycles. The summed E-state index contributed by atoms with van der Waals surface area (Å²) in [5, 5.41) is 0. The maximum atomic E-state index is 2.49. The number of rotatable bonds is 2. The molecule has 0 aliphatic carbocycles. The fraction of sp³-hybridized carbons (Fsp3) is 0.571. The highest BCUT2D eigenvalue weighted by atomic mass is 15.2. The Morgan fingerprint density at radius 3 is 2.07 bits per heavy atom. The second-order valence-electron chi connectivity index (χ2n) is 5.58. The van der Waals surface area contributed by atoms with Crippen LogP contribution in [-0.4, -0.2) is 18.0 Å². The highest BCUT2D eigenvalue weighted by Crippen LogP contribution is 2.22. The van der Waals surface area contributed by atoms with E-state index in [0.29, 0.717) is 0 Å². The first-order valence-corrected chi connectivity index (χ1v) is 5.87. The maximum absolute atomic E-state index is 2.49. The minimum atomic E-state index is 0.273. The van der Waals surface area contributed by atoms with E-state index < -0.39 is 0 Å². The topological polar surface area (TPSA) is 3.24 Å². The first kappa shape index (κ1) is 10.7. The van der Waals surface area contributed by atoms with Gasteiger partial charge in [-0.25, -0.2) is 0 Å². The molecule has 0 unspecified atom stereocenters. The molecule has 2 rings (SSSR count). The zero-order valence-corrected chi connectivity index (χ0v) is 10.1. The third kappa shape index (κ3) is 2.60. The van der Waals surface area contributed by atoms with E-state index in [1.165, 1.54) is 30.6 Å². The number of nitrogens with zero attached hydrogens (tertiary/aromatic N) is 1. The summed E-state index contributed by atoms with van der Waals surface area (Å²) in [5.74, 6) is 0. The molecule has 1 nitrogen and oxygen atoms in total. The van der Waals surface area contributed by atoms with Crippen LogP contribution in [0.1, 0.15) is 38.3 Å². The van der Waals surface area contributed by atoms with Gasteiger partial charge in [-0.15, -0.1) is 0 Å². The molecule has 0 bridgehead atoms. The Kier molecular flexibility index (Phi) is 2.83. The second kappa shape index (κ2) is 3.97. The molecular formula is C14H21N. The van der Waals surface area contributed by atoms with Gasteiger partial charge in [0.1, 0.15) is 0 Å². The van der Waals surface area contributed by atoms with Crippen LogP contribution in [0.2, 0.25) is 0 Å². The van der Waals surface area contributed by atoms with Crippen molar-refractivity contribution in [3.63, 3.8) is 0 Å². The Hall–Kier alpha value is -0.820. The summed E-state index contributed by atoms with van der Waals surface area (Å²) in [6, 6.07) is 9.10. The van der Waals surface area contributed by atoms with Gasteiger partial charge >= 0.3 is 0 Å². The average Bonchev–Trinajstić information content (AvgIpc) is 2.11. The third-order valence-electron chi connectivity index (χ3n) is 3.17. The summed E-state index contributed by atoms with van der Waals surface area (Å²) in [6.45, 7) is 10.5. The highest BCUT2D eigenvalue weighted by Gasteiger charge is 2.15. The van der Waals surface area contributed by atoms with E-state index >= 15 is 0 Å². The van der Waals surface area contributed by atoms with E-state index in [9.17, 15) is 0 Å². The first-order chi connectivity index (χ1) is 7.05. The predicted octanol–water partition coefficient (Wildman–Crippen LogP) is 3.19. The number of hydrogen-bond acceptors (Lipinski definition) is 1. The van der Waals surface area contributed by atoms with Crippen LogP contribution in [-0.2, 0) is 12.0 Å². The number of benzene rings is 1. The van der Waals surface area contributed by atoms with Gasteiger partial charge in [0.25, 0.3) is 0 Å². The van der Waals surface area contributed by atoms with Crippen molar-refractivity contribution < 1.29 is 0 Å². The van der Waals surface area contributed by atoms with Crippen LogP contribution in [0.15, 0.2) is 24.3 Å². The molecular weight excluding hydrogens is 182 g/mol. The van der Waals surface area contributed by atoms with E-state index in [1.807, 2.05) is 0 Å². The molecule has 15 heavy (non-hydrogen) atoms. The molecule has 1 saturated heterocycles. The normalized spacial score (nSPS) is 17.5. The van der Waals surface area contributed by atoms with Crippen LogP contribution in [0.3, 0.4) is 0 Å². The lowest BCUT2D eigenvalue weighted by Crippen LogP contribution is -2.36. The maximum Gasteiger partial charge on any atom is 0.0233 e. The van der Waals surface area contributed by atoms with Gasteiger partial charge in [-0.2, -0.15) is 0 Å². The monoisotopic (exact) mass is 203 g/mol. The van der Waals surface area contributed by atoms with Gasteiger partial charge in [0.15, 0.2) is 0 Å². The molecule has 1 aromatic rings. The summed E-state index contributed by atoms with van der Waals surface area (Å²) in [4.78, 5) is 2.49. The van der Waals surface area contributed by atoms with E-state index in [4.69, 9.17) is 0 Å². The Labute approximate surface area is 93.1 Å². The van der Waals surface area contributed by atoms with Crippen LogP contribution in [0.4, 0.5) is 0 Å². The molecule has 0 spiro atoms. The number of likely N-dealkylation sites (tertiary alicyclic amines) is 1. The fourth-order valence-electron chi connectivity index (χ4n) is 1.91. The van der Waals surface area contributed by atoms with Crippen molar-refractivity contribution >= 4 is 0 Å². The molecule has 82 valence electrons. The van der Waals surface area contributed by atoms with Gasteiger partial charge in [-0.05, 0) is 36.1 Å². The SMILES string of the molecule is CC(C)(C)c1ccc(CN2CCC2)cc1. The zero-order valence-electron chi connectivity index (χ0n) is 10.1. The van der Waals surface area contributed by atoms with Crippen LogP contribution in [0.5, 0.6) is 0 Å². The van der Waals surface area contributed by atoms with Crippen molar-refractivity contribution in [1.29, 1.82) is 0 Å². The van der Waals surface area contributed by atoms with Crippen molar-refractivity contribution in [1.82, 2.24) is 4.90 Å². The van der Waals surface area contributed by atoms with Gasteiger partial charge in [0.2, 0.25) is 0 Å². The zero-order chi connectivity index (χ0) is 10.9. The Morgan fingerprint density at radius 1 is 1.07 bits per heavy atom. The lowest BCUT2D eigenvalue weighted by molar-refractivity contribution is 0.172. The number of hydrogen-bond donors (Lipinski definition) is 0. The minimum Gasteiger partial charge on any atom is -0.299 e. The lowest BCUT2D eigenvalue weighted by atomic mass is 9.86. The lowest BCUT2D eigenvalue weighted by Gasteiger charge is -2.30. The molecule has 0 atom stereocenters. The van der Waals surface area contributed by atoms with Crippen molar-refractivity contribution in [3.05, 3.63) is 35.4 Å². The fourth-order valence-corrected chi connectivity index (χ4v) is 1.91. The summed E-state index contributed by atoms with van der Waals surface area (Å²) >= 11 is 0. The standard InChI is InChI=1S/C14H21N/c1-14(2,3)13-7-5-12(6-8-13)11-15-9-4-10-15/h5-8H,4,9-11H2,1-3H3. The van der Waals surface area contributed by atoms with Gasteiger partial charge in [0.05, 0.1) is 0 Å². The minimum absolute atomic E-state index is 0.273. The summed E-state index contributed by atoms with van der Waals surface area (Å²) < 4.78 is 0. The Balaban J connectivity index is 2.03. The second-order valence-corrected chi connectivity index (χ2v) is 5.58. The van der Waals surface area contributed by atoms with Gasteiger partial charge in [-0.1, -0.05) is 45.0 Å². The molecule has 1 heterocycles. The molecule has 0 aromatic heterocycles. The highest BCUT2D eigenvalue weighted by molar-refractivity contribution is 5.27. The van der Waals surface area contributed by atoms with E-state index in [0.717, 1.165) is 6.54 Å². The predicted molar refractivity (Wildman–Crippen MR) is 65.0 cm³/mol. The first-order valence-electron chi connectivity index (χ1n) is 5.87. The summed E-state index contributed by atoms with van der Waals surface area (Å²) in [7, 11) is 0. The van der Waals surface area contributed by atoms with Crippen LogP contribution >= 0.6 is 0 Å². The Bertz CT molecular complexity index is 314.